The number of aromatic nitrogens is 1. The van der Waals surface area contributed by atoms with Gasteiger partial charge in [0, 0.05) is 24.5 Å². The summed E-state index contributed by atoms with van der Waals surface area (Å²) in [6.45, 7) is 6.35. The Morgan fingerprint density at radius 1 is 1.19 bits per heavy atom. The molecule has 0 fully saturated rings. The summed E-state index contributed by atoms with van der Waals surface area (Å²) in [7, 11) is 0. The molecule has 0 unspecified atom stereocenters. The third-order valence-corrected chi connectivity index (χ3v) is 4.58. The van der Waals surface area contributed by atoms with E-state index in [-0.39, 0.29) is 12.1 Å². The van der Waals surface area contributed by atoms with Gasteiger partial charge in [-0.2, -0.15) is 5.26 Å². The monoisotopic (exact) mass is 422 g/mol. The number of amides is 3. The molecule has 1 heterocycles. The highest BCUT2D eigenvalue weighted by Gasteiger charge is 2.16. The number of esters is 1. The molecule has 31 heavy (non-hydrogen) atoms. The van der Waals surface area contributed by atoms with Crippen LogP contribution >= 0.6 is 0 Å². The fourth-order valence-electron chi connectivity index (χ4n) is 3.03. The van der Waals surface area contributed by atoms with E-state index in [2.05, 4.69) is 22.1 Å². The van der Waals surface area contributed by atoms with Crippen molar-refractivity contribution >= 4 is 24.0 Å². The smallest absolute Gasteiger partial charge is 0.349 e. The number of nitrogens with zero attached hydrogens (tertiary/aromatic N) is 2. The van der Waals surface area contributed by atoms with Gasteiger partial charge in [0.25, 0.3) is 5.91 Å². The molecule has 0 atom stereocenters. The average molecular weight is 422 g/mol. The maximum atomic E-state index is 12.2. The summed E-state index contributed by atoms with van der Waals surface area (Å²) in [6.07, 6.45) is 2.40. The molecule has 2 aromatic rings. The first-order chi connectivity index (χ1) is 14.8. The van der Waals surface area contributed by atoms with Gasteiger partial charge in [0.1, 0.15) is 11.6 Å². The standard InChI is InChI=1S/C23H26N4O4/c1-4-10-27-16(2)11-19(17(27)3)12-20(13-24)22(29)31-15-21(28)26-23(30)25-14-18-8-6-5-7-9-18/h5-9,11-12H,4,10,14-15H2,1-3H3,(H2,25,26,28,30)/b20-12+. The minimum Gasteiger partial charge on any atom is -0.451 e. The van der Waals surface area contributed by atoms with Crippen molar-refractivity contribution in [1.82, 2.24) is 15.2 Å². The van der Waals surface area contributed by atoms with Crippen molar-refractivity contribution in [1.29, 1.82) is 5.26 Å². The van der Waals surface area contributed by atoms with E-state index in [1.54, 1.807) is 0 Å². The molecular formula is C23H26N4O4. The van der Waals surface area contributed by atoms with E-state index >= 15 is 0 Å². The van der Waals surface area contributed by atoms with Crippen LogP contribution in [0.1, 0.15) is 35.9 Å². The molecule has 0 spiro atoms. The Morgan fingerprint density at radius 3 is 2.55 bits per heavy atom. The second kappa shape index (κ2) is 11.4. The molecular weight excluding hydrogens is 396 g/mol. The Kier molecular flexibility index (Phi) is 8.58. The molecule has 1 aromatic carbocycles. The summed E-state index contributed by atoms with van der Waals surface area (Å²) in [4.78, 5) is 35.8. The maximum absolute atomic E-state index is 12.2. The number of hydrogen-bond acceptors (Lipinski definition) is 5. The van der Waals surface area contributed by atoms with Gasteiger partial charge in [-0.3, -0.25) is 10.1 Å². The second-order valence-corrected chi connectivity index (χ2v) is 6.94. The molecule has 2 N–H and O–H groups in total. The minimum atomic E-state index is -0.928. The Hall–Kier alpha value is -3.86. The molecule has 0 bridgehead atoms. The second-order valence-electron chi connectivity index (χ2n) is 6.94. The van der Waals surface area contributed by atoms with Gasteiger partial charge in [0.15, 0.2) is 6.61 Å². The largest absolute Gasteiger partial charge is 0.451 e. The molecule has 0 saturated carbocycles. The van der Waals surface area contributed by atoms with Crippen molar-refractivity contribution in [3.8, 4) is 6.07 Å². The normalized spacial score (nSPS) is 10.8. The van der Waals surface area contributed by atoms with Crippen molar-refractivity contribution in [2.24, 2.45) is 0 Å². The average Bonchev–Trinajstić information content (AvgIpc) is 3.02. The molecule has 2 rings (SSSR count). The Balaban J connectivity index is 1.89. The molecule has 0 aliphatic carbocycles. The number of carbonyl (C=O) groups is 3. The van der Waals surface area contributed by atoms with Crippen LogP contribution in [0.15, 0.2) is 42.0 Å². The van der Waals surface area contributed by atoms with Crippen LogP contribution in [0.2, 0.25) is 0 Å². The van der Waals surface area contributed by atoms with Crippen LogP contribution in [0.5, 0.6) is 0 Å². The molecule has 162 valence electrons. The highest BCUT2D eigenvalue weighted by Crippen LogP contribution is 2.19. The fraction of sp³-hybridized carbons (Fsp3) is 0.304. The predicted octanol–water partition coefficient (Wildman–Crippen LogP) is 2.99. The number of aryl methyl sites for hydroxylation is 1. The number of carbonyl (C=O) groups excluding carboxylic acids is 3. The van der Waals surface area contributed by atoms with Gasteiger partial charge >= 0.3 is 12.0 Å². The van der Waals surface area contributed by atoms with E-state index in [1.165, 1.54) is 6.08 Å². The lowest BCUT2D eigenvalue weighted by Gasteiger charge is -2.08. The van der Waals surface area contributed by atoms with Gasteiger partial charge in [-0.1, -0.05) is 37.3 Å². The van der Waals surface area contributed by atoms with Gasteiger partial charge < -0.3 is 14.6 Å². The predicted molar refractivity (Wildman–Crippen MR) is 116 cm³/mol. The van der Waals surface area contributed by atoms with E-state index < -0.39 is 24.5 Å². The van der Waals surface area contributed by atoms with E-state index in [0.717, 1.165) is 35.5 Å². The lowest BCUT2D eigenvalue weighted by molar-refractivity contribution is -0.144. The molecule has 0 aliphatic heterocycles. The van der Waals surface area contributed by atoms with Gasteiger partial charge in [-0.15, -0.1) is 0 Å². The summed E-state index contributed by atoms with van der Waals surface area (Å²) in [5.41, 5.74) is 3.35. The van der Waals surface area contributed by atoms with Crippen molar-refractivity contribution in [2.45, 2.75) is 40.3 Å². The molecule has 8 heteroatoms. The SMILES string of the molecule is CCCn1c(C)cc(/C=C(\C#N)C(=O)OCC(=O)NC(=O)NCc2ccccc2)c1C. The first kappa shape index (κ1) is 23.4. The minimum absolute atomic E-state index is 0.224. The van der Waals surface area contributed by atoms with Gasteiger partial charge in [-0.05, 0) is 43.5 Å². The molecule has 0 aliphatic rings. The number of benzene rings is 1. The van der Waals surface area contributed by atoms with Gasteiger partial charge in [0.05, 0.1) is 0 Å². The van der Waals surface area contributed by atoms with Crippen molar-refractivity contribution in [3.63, 3.8) is 0 Å². The molecule has 8 nitrogen and oxygen atoms in total. The van der Waals surface area contributed by atoms with E-state index in [1.807, 2.05) is 56.3 Å². The third-order valence-electron chi connectivity index (χ3n) is 4.58. The van der Waals surface area contributed by atoms with E-state index in [0.29, 0.717) is 0 Å². The fourth-order valence-corrected chi connectivity index (χ4v) is 3.03. The summed E-state index contributed by atoms with van der Waals surface area (Å²) in [5, 5.41) is 13.9. The van der Waals surface area contributed by atoms with Crippen LogP contribution < -0.4 is 10.6 Å². The number of rotatable bonds is 8. The molecule has 0 radical (unpaired) electrons. The molecule has 3 amide bonds. The Bertz CT molecular complexity index is 1020. The highest BCUT2D eigenvalue weighted by molar-refractivity contribution is 6.00. The quantitative estimate of drug-likeness (QED) is 0.386. The molecule has 0 saturated heterocycles. The summed E-state index contributed by atoms with van der Waals surface area (Å²) in [5.74, 6) is -1.72. The summed E-state index contributed by atoms with van der Waals surface area (Å²) >= 11 is 0. The van der Waals surface area contributed by atoms with Crippen LogP contribution in [0.3, 0.4) is 0 Å². The Morgan fingerprint density at radius 2 is 1.90 bits per heavy atom. The number of hydrogen-bond donors (Lipinski definition) is 2. The van der Waals surface area contributed by atoms with Crippen molar-refractivity contribution < 1.29 is 19.1 Å². The lowest BCUT2D eigenvalue weighted by atomic mass is 10.1. The zero-order valence-corrected chi connectivity index (χ0v) is 17.9. The maximum Gasteiger partial charge on any atom is 0.349 e. The van der Waals surface area contributed by atoms with E-state index in [9.17, 15) is 19.6 Å². The van der Waals surface area contributed by atoms with Crippen LogP contribution in [-0.2, 0) is 27.4 Å². The lowest BCUT2D eigenvalue weighted by Crippen LogP contribution is -2.41. The number of urea groups is 1. The number of nitrogens with one attached hydrogen (secondary N) is 2. The van der Waals surface area contributed by atoms with Crippen LogP contribution in [0.25, 0.3) is 6.08 Å². The van der Waals surface area contributed by atoms with Gasteiger partial charge in [0.2, 0.25) is 0 Å². The van der Waals surface area contributed by atoms with Crippen molar-refractivity contribution in [2.75, 3.05) is 6.61 Å². The zero-order valence-electron chi connectivity index (χ0n) is 17.9. The molecule has 1 aromatic heterocycles. The first-order valence-electron chi connectivity index (χ1n) is 9.93. The Labute approximate surface area is 181 Å². The topological polar surface area (TPSA) is 113 Å². The third kappa shape index (κ3) is 6.85. The van der Waals surface area contributed by atoms with Crippen molar-refractivity contribution in [3.05, 3.63) is 64.5 Å². The van der Waals surface area contributed by atoms with Crippen LogP contribution in [0, 0.1) is 25.2 Å². The summed E-state index contributed by atoms with van der Waals surface area (Å²) in [6, 6.07) is 12.2. The van der Waals surface area contributed by atoms with E-state index in [4.69, 9.17) is 4.74 Å². The zero-order chi connectivity index (χ0) is 22.8. The number of imide groups is 1. The highest BCUT2D eigenvalue weighted by atomic mass is 16.5. The number of ether oxygens (including phenoxy) is 1. The summed E-state index contributed by atoms with van der Waals surface area (Å²) < 4.78 is 6.99. The first-order valence-corrected chi connectivity index (χ1v) is 9.93. The number of nitriles is 1. The van der Waals surface area contributed by atoms with Gasteiger partial charge in [-0.25, -0.2) is 9.59 Å². The van der Waals surface area contributed by atoms with Crippen LogP contribution in [0.4, 0.5) is 4.79 Å². The van der Waals surface area contributed by atoms with Crippen LogP contribution in [-0.4, -0.2) is 29.1 Å².